The van der Waals surface area contributed by atoms with Gasteiger partial charge in [0.2, 0.25) is 0 Å². The Bertz CT molecular complexity index is 2340. The first-order chi connectivity index (χ1) is 30.6. The van der Waals surface area contributed by atoms with Gasteiger partial charge in [0.25, 0.3) is 0 Å². The van der Waals surface area contributed by atoms with Crippen molar-refractivity contribution < 1.29 is 24.2 Å². The van der Waals surface area contributed by atoms with Gasteiger partial charge >= 0.3 is 35.0 Å². The van der Waals surface area contributed by atoms with Crippen LogP contribution in [0, 0.1) is 35.5 Å². The van der Waals surface area contributed by atoms with E-state index in [1.165, 1.54) is 57.6 Å². The molecule has 0 aromatic heterocycles. The Balaban J connectivity index is 0.00000793. The maximum atomic E-state index is 14.4. The molecular weight excluding hydrogens is 821 g/mol. The van der Waals surface area contributed by atoms with Gasteiger partial charge in [-0.3, -0.25) is 9.59 Å². The van der Waals surface area contributed by atoms with Crippen molar-refractivity contribution in [1.82, 2.24) is 5.32 Å². The summed E-state index contributed by atoms with van der Waals surface area (Å²) >= 11 is 0. The molecule has 1 N–H and O–H groups in total. The second-order valence-electron chi connectivity index (χ2n) is 19.3. The van der Waals surface area contributed by atoms with Crippen LogP contribution >= 0.6 is 0 Å². The van der Waals surface area contributed by atoms with E-state index in [0.717, 1.165) is 69.8 Å². The van der Waals surface area contributed by atoms with Crippen LogP contribution in [0.25, 0.3) is 0 Å². The van der Waals surface area contributed by atoms with E-state index in [1.807, 2.05) is 51.2 Å². The van der Waals surface area contributed by atoms with Gasteiger partial charge in [0.15, 0.2) is 0 Å². The Morgan fingerprint density at radius 1 is 0.831 bits per heavy atom. The number of rotatable bonds is 20. The molecule has 10 heteroatoms. The molecule has 0 unspecified atom stereocenters. The predicted molar refractivity (Wildman–Crippen MR) is 265 cm³/mol. The van der Waals surface area contributed by atoms with Gasteiger partial charge in [0.1, 0.15) is 6.61 Å². The van der Waals surface area contributed by atoms with Gasteiger partial charge < -0.3 is 19.9 Å². The molecule has 0 aromatic carbocycles. The summed E-state index contributed by atoms with van der Waals surface area (Å²) in [5, 5.41) is 18.0. The van der Waals surface area contributed by atoms with Crippen molar-refractivity contribution in [3.8, 4) is 0 Å². The normalized spacial score (nSPS) is 22.3. The van der Waals surface area contributed by atoms with E-state index >= 15 is 0 Å². The molecule has 8 bridgehead atoms. The van der Waals surface area contributed by atoms with Crippen molar-refractivity contribution in [2.45, 2.75) is 133 Å². The topological polar surface area (TPSA) is 125 Å². The molecule has 1 aliphatic carbocycles. The van der Waals surface area contributed by atoms with Crippen molar-refractivity contribution in [2.24, 2.45) is 50.5 Å². The van der Waals surface area contributed by atoms with Crippen LogP contribution in [0.3, 0.4) is 0 Å². The molecule has 65 heavy (non-hydrogen) atoms. The molecule has 0 spiro atoms. The second kappa shape index (κ2) is 22.8. The summed E-state index contributed by atoms with van der Waals surface area (Å²) in [7, 11) is 1.30. The molecule has 5 atom stereocenters. The number of fused-ring (bicyclic) bond motifs is 5. The Kier molecular flexibility index (Phi) is 18.0. The molecule has 0 saturated carbocycles. The van der Waals surface area contributed by atoms with Gasteiger partial charge in [-0.15, -0.1) is 5.76 Å². The van der Waals surface area contributed by atoms with Crippen LogP contribution in [-0.4, -0.2) is 65.8 Å². The monoisotopic (exact) mass is 892 g/mol. The quantitative estimate of drug-likeness (QED) is 0.0737. The zero-order valence-corrected chi connectivity index (χ0v) is 42.3. The van der Waals surface area contributed by atoms with E-state index in [4.69, 9.17) is 24.5 Å². The maximum Gasteiger partial charge on any atom is 2.00 e. The van der Waals surface area contributed by atoms with E-state index in [1.54, 1.807) is 6.08 Å². The number of methoxy groups -OCH3 is 1. The van der Waals surface area contributed by atoms with Gasteiger partial charge in [-0.05, 0) is 111 Å². The fourth-order valence-electron chi connectivity index (χ4n) is 9.96. The largest absolute Gasteiger partial charge is 2.00 e. The first-order valence-corrected chi connectivity index (χ1v) is 23.7. The van der Waals surface area contributed by atoms with Gasteiger partial charge in [-0.1, -0.05) is 110 Å². The summed E-state index contributed by atoms with van der Waals surface area (Å²) < 4.78 is 11.1. The number of esters is 2. The van der Waals surface area contributed by atoms with Crippen molar-refractivity contribution in [1.29, 1.82) is 0 Å². The number of hydrogen-bond donors (Lipinski definition) is 1. The first kappa shape index (κ1) is 51.4. The molecule has 6 aliphatic rings. The smallest absolute Gasteiger partial charge is 0.874 e. The number of hydrogen-bond acceptors (Lipinski definition) is 9. The van der Waals surface area contributed by atoms with E-state index in [0.29, 0.717) is 51.9 Å². The molecule has 6 rings (SSSR count). The standard InChI is InChI=1S/C55H72N4O5.Mg/c1-13-39-35(8)42-28-44-37(10)41(24-25-48(60)64-27-26-34(7)23-17-22-33(6)21-16-20-32(5)19-15-18-31(3)4)52(58-44)50-51(55(62)63-12)54(61)49-38(11)45(59-53(49)50)30-47-40(14-2)36(9)43(57-47)29-46(39)56-42;/h13-14,26,28-33,37,41,51,58,61H,1-2,15-25,27H2,3-12H3;/q;+2/p-1/b34-26+,44-28?,46-29?,47-30?,52-50?;/t32-,33-,37+,41+,51-;/m1./s1. The fourth-order valence-corrected chi connectivity index (χ4v) is 9.96. The molecule has 0 aromatic rings. The van der Waals surface area contributed by atoms with Crippen LogP contribution in [0.5, 0.6) is 0 Å². The third-order valence-electron chi connectivity index (χ3n) is 14.1. The minimum absolute atomic E-state index is 0. The summed E-state index contributed by atoms with van der Waals surface area (Å²) in [5.74, 6) is -0.599. The van der Waals surface area contributed by atoms with Crippen molar-refractivity contribution in [3.63, 3.8) is 0 Å². The van der Waals surface area contributed by atoms with Crippen molar-refractivity contribution in [2.75, 3.05) is 13.7 Å². The predicted octanol–water partition coefficient (Wildman–Crippen LogP) is 11.1. The van der Waals surface area contributed by atoms with Crippen molar-refractivity contribution >= 4 is 52.1 Å². The maximum absolute atomic E-state index is 14.4. The molecule has 5 aliphatic heterocycles. The molecule has 0 amide bonds. The number of ether oxygens (including phenoxy) is 2. The van der Waals surface area contributed by atoms with Crippen LogP contribution in [0.4, 0.5) is 0 Å². The van der Waals surface area contributed by atoms with Gasteiger partial charge in [0.05, 0.1) is 47.3 Å². The average Bonchev–Trinajstić information content (AvgIpc) is 3.99. The number of aliphatic imine (C=N–C) groups is 3. The third-order valence-corrected chi connectivity index (χ3v) is 14.1. The number of carbonyl (C=O) groups excluding carboxylic acids is 2. The zero-order chi connectivity index (χ0) is 46.4. The summed E-state index contributed by atoms with van der Waals surface area (Å²) in [5.41, 5.74) is 12.0. The summed E-state index contributed by atoms with van der Waals surface area (Å²) in [6.45, 7) is 27.9. The van der Waals surface area contributed by atoms with Gasteiger partial charge in [-0.25, -0.2) is 15.0 Å². The molecule has 1 fully saturated rings. The Morgan fingerprint density at radius 3 is 2.02 bits per heavy atom. The molecule has 9 nitrogen and oxygen atoms in total. The number of nitrogens with one attached hydrogen (secondary N) is 1. The number of carbonyl (C=O) groups is 2. The SMILES string of the molecule is C=CC1=C(C)C2=NC1=CC1=C(C)C3=C([O-])[C@H](C(=O)OC)C(=C4NC(=CC5=NC(=C2)C(C=C)=C5C)[C@@H](C)[C@@H]4CCC(=O)OC/C=C(\C)CCC[C@H](C)CCC[C@H](C)CCCC(C)C)C3=N1.[Mg+2]. The molecule has 5 heterocycles. The summed E-state index contributed by atoms with van der Waals surface area (Å²) in [4.78, 5) is 42.2. The van der Waals surface area contributed by atoms with Crippen LogP contribution in [-0.2, 0) is 19.1 Å². The summed E-state index contributed by atoms with van der Waals surface area (Å²) in [6, 6.07) is 0. The van der Waals surface area contributed by atoms with Gasteiger partial charge in [0, 0.05) is 46.4 Å². The fraction of sp³-hybridized carbons (Fsp3) is 0.509. The van der Waals surface area contributed by atoms with E-state index in [9.17, 15) is 14.7 Å². The number of nitrogens with zero attached hydrogens (tertiary/aromatic N) is 3. The van der Waals surface area contributed by atoms with E-state index in [-0.39, 0.29) is 59.6 Å². The Labute approximate surface area is 405 Å². The van der Waals surface area contributed by atoms with Crippen LogP contribution in [0.1, 0.15) is 133 Å². The zero-order valence-electron chi connectivity index (χ0n) is 40.9. The minimum Gasteiger partial charge on any atom is -0.874 e. The third kappa shape index (κ3) is 11.5. The Hall–Kier alpha value is -4.54. The van der Waals surface area contributed by atoms with Crippen LogP contribution in [0.15, 0.2) is 143 Å². The van der Waals surface area contributed by atoms with Gasteiger partial charge in [-0.2, -0.15) is 0 Å². The number of allylic oxidation sites excluding steroid dienone is 12. The van der Waals surface area contributed by atoms with E-state index in [2.05, 4.69) is 60.0 Å². The molecule has 0 radical (unpaired) electrons. The van der Waals surface area contributed by atoms with Crippen LogP contribution < -0.4 is 10.4 Å². The minimum atomic E-state index is -1.20. The average molecular weight is 893 g/mol. The molecule has 342 valence electrons. The molecule has 1 saturated heterocycles. The molecular formula is C55H71MgN4O5+. The Morgan fingerprint density at radius 2 is 1.42 bits per heavy atom. The first-order valence-electron chi connectivity index (χ1n) is 23.7. The van der Waals surface area contributed by atoms with Crippen molar-refractivity contribution in [3.05, 3.63) is 128 Å². The summed E-state index contributed by atoms with van der Waals surface area (Å²) in [6.07, 6.45) is 23.4. The van der Waals surface area contributed by atoms with E-state index < -0.39 is 11.9 Å². The van der Waals surface area contributed by atoms with Crippen LogP contribution in [0.2, 0.25) is 0 Å². The second-order valence-corrected chi connectivity index (χ2v) is 19.3.